The van der Waals surface area contributed by atoms with E-state index in [1.165, 1.54) is 0 Å². The van der Waals surface area contributed by atoms with E-state index in [0.29, 0.717) is 6.04 Å². The molecule has 32 heavy (non-hydrogen) atoms. The summed E-state index contributed by atoms with van der Waals surface area (Å²) in [6, 6.07) is 10.7. The summed E-state index contributed by atoms with van der Waals surface area (Å²) in [5, 5.41) is 0. The number of anilines is 2. The largest absolute Gasteiger partial charge is 0.354 e. The van der Waals surface area contributed by atoms with Crippen molar-refractivity contribution in [3.8, 4) is 0 Å². The first-order valence-electron chi connectivity index (χ1n) is 11.4. The van der Waals surface area contributed by atoms with Crippen molar-refractivity contribution in [2.24, 2.45) is 0 Å². The number of amides is 1. The van der Waals surface area contributed by atoms with Crippen molar-refractivity contribution in [1.29, 1.82) is 0 Å². The number of aromatic nitrogens is 3. The minimum Gasteiger partial charge on any atom is -0.354 e. The molecule has 5 heterocycles. The maximum atomic E-state index is 13.2. The second-order valence-corrected chi connectivity index (χ2v) is 8.91. The van der Waals surface area contributed by atoms with E-state index in [2.05, 4.69) is 61.4 Å². The van der Waals surface area contributed by atoms with Crippen LogP contribution in [0.25, 0.3) is 5.52 Å². The minimum atomic E-state index is 0.134. The Balaban J connectivity index is 1.30. The van der Waals surface area contributed by atoms with Crippen LogP contribution in [0, 0.1) is 0 Å². The average Bonchev–Trinajstić information content (AvgIpc) is 3.27. The number of pyridine rings is 1. The zero-order chi connectivity index (χ0) is 22.1. The normalized spacial score (nSPS) is 18.0. The number of piperidine rings is 1. The summed E-state index contributed by atoms with van der Waals surface area (Å²) in [6.07, 6.45) is 7.65. The van der Waals surface area contributed by atoms with Gasteiger partial charge in [-0.1, -0.05) is 0 Å². The number of nitrogens with zero attached hydrogens (tertiary/aromatic N) is 7. The van der Waals surface area contributed by atoms with E-state index in [4.69, 9.17) is 0 Å². The van der Waals surface area contributed by atoms with Crippen molar-refractivity contribution in [3.05, 3.63) is 54.5 Å². The van der Waals surface area contributed by atoms with Crippen molar-refractivity contribution in [2.45, 2.75) is 18.9 Å². The molecular weight excluding hydrogens is 402 g/mol. The molecule has 0 bridgehead atoms. The molecule has 2 fully saturated rings. The second kappa shape index (κ2) is 8.78. The summed E-state index contributed by atoms with van der Waals surface area (Å²) in [6.45, 7) is 5.16. The molecule has 168 valence electrons. The van der Waals surface area contributed by atoms with Crippen LogP contribution in [0.3, 0.4) is 0 Å². The number of likely N-dealkylation sites (tertiary alicyclic amines) is 1. The summed E-state index contributed by atoms with van der Waals surface area (Å²) in [5.41, 5.74) is 1.87. The molecule has 0 aliphatic carbocycles. The van der Waals surface area contributed by atoms with Gasteiger partial charge >= 0.3 is 0 Å². The second-order valence-electron chi connectivity index (χ2n) is 8.91. The molecule has 5 rings (SSSR count). The van der Waals surface area contributed by atoms with Crippen LogP contribution in [0.2, 0.25) is 0 Å². The molecule has 2 aliphatic rings. The van der Waals surface area contributed by atoms with Gasteiger partial charge < -0.3 is 24.0 Å². The molecular formula is C24H31N7O. The number of carbonyl (C=O) groups is 1. The van der Waals surface area contributed by atoms with Crippen molar-refractivity contribution in [1.82, 2.24) is 24.2 Å². The van der Waals surface area contributed by atoms with Gasteiger partial charge in [-0.3, -0.25) is 4.79 Å². The Morgan fingerprint density at radius 2 is 1.56 bits per heavy atom. The third-order valence-corrected chi connectivity index (χ3v) is 6.80. The zero-order valence-electron chi connectivity index (χ0n) is 18.9. The van der Waals surface area contributed by atoms with Gasteiger partial charge in [0.05, 0.1) is 5.56 Å². The van der Waals surface area contributed by atoms with E-state index in [1.54, 1.807) is 12.4 Å². The predicted octanol–water partition coefficient (Wildman–Crippen LogP) is 2.22. The molecule has 0 N–H and O–H groups in total. The first-order valence-corrected chi connectivity index (χ1v) is 11.4. The van der Waals surface area contributed by atoms with Gasteiger partial charge in [-0.05, 0) is 57.3 Å². The highest BCUT2D eigenvalue weighted by molar-refractivity contribution is 5.94. The van der Waals surface area contributed by atoms with E-state index in [9.17, 15) is 4.79 Å². The molecule has 0 spiro atoms. The van der Waals surface area contributed by atoms with Crippen LogP contribution in [0.4, 0.5) is 11.8 Å². The van der Waals surface area contributed by atoms with E-state index in [-0.39, 0.29) is 5.91 Å². The Labute approximate surface area is 189 Å². The van der Waals surface area contributed by atoms with Gasteiger partial charge in [0.2, 0.25) is 5.95 Å². The summed E-state index contributed by atoms with van der Waals surface area (Å²) in [7, 11) is 4.24. The molecule has 2 saturated heterocycles. The smallest absolute Gasteiger partial charge is 0.255 e. The highest BCUT2D eigenvalue weighted by atomic mass is 16.2. The predicted molar refractivity (Wildman–Crippen MR) is 126 cm³/mol. The molecule has 3 aromatic rings. The van der Waals surface area contributed by atoms with Gasteiger partial charge in [0.25, 0.3) is 5.91 Å². The van der Waals surface area contributed by atoms with Gasteiger partial charge in [-0.2, -0.15) is 0 Å². The van der Waals surface area contributed by atoms with Crippen LogP contribution in [0.5, 0.6) is 0 Å². The van der Waals surface area contributed by atoms with Crippen LogP contribution in [-0.2, 0) is 0 Å². The maximum absolute atomic E-state index is 13.2. The van der Waals surface area contributed by atoms with Crippen molar-refractivity contribution >= 4 is 23.2 Å². The number of hydrogen-bond acceptors (Lipinski definition) is 6. The quantitative estimate of drug-likeness (QED) is 0.629. The Bertz CT molecular complexity index is 1060. The molecule has 8 heteroatoms. The first kappa shape index (κ1) is 20.8. The molecule has 1 amide bonds. The van der Waals surface area contributed by atoms with Gasteiger partial charge in [0.15, 0.2) is 0 Å². The van der Waals surface area contributed by atoms with Crippen LogP contribution in [0.1, 0.15) is 23.2 Å². The Morgan fingerprint density at radius 3 is 2.25 bits per heavy atom. The summed E-state index contributed by atoms with van der Waals surface area (Å²) < 4.78 is 2.16. The van der Waals surface area contributed by atoms with E-state index >= 15 is 0 Å². The number of rotatable bonds is 4. The first-order chi connectivity index (χ1) is 15.6. The Kier molecular flexibility index (Phi) is 5.70. The lowest BCUT2D eigenvalue weighted by Crippen LogP contribution is -2.47. The molecule has 8 nitrogen and oxygen atoms in total. The molecule has 2 aliphatic heterocycles. The third-order valence-electron chi connectivity index (χ3n) is 6.80. The molecule has 0 unspecified atom stereocenters. The van der Waals surface area contributed by atoms with Crippen molar-refractivity contribution < 1.29 is 4.79 Å². The fourth-order valence-electron chi connectivity index (χ4n) is 4.83. The number of fused-ring (bicyclic) bond motifs is 1. The molecule has 0 aromatic carbocycles. The lowest BCUT2D eigenvalue weighted by molar-refractivity contribution is 0.0663. The minimum absolute atomic E-state index is 0.134. The Morgan fingerprint density at radius 1 is 0.906 bits per heavy atom. The number of piperazine rings is 1. The molecule has 0 saturated carbocycles. The number of hydrogen-bond donors (Lipinski definition) is 0. The van der Waals surface area contributed by atoms with Crippen LogP contribution in [0.15, 0.2) is 48.9 Å². The van der Waals surface area contributed by atoms with Gasteiger partial charge in [0, 0.05) is 69.4 Å². The van der Waals surface area contributed by atoms with Gasteiger partial charge in [-0.25, -0.2) is 9.97 Å². The summed E-state index contributed by atoms with van der Waals surface area (Å²) in [4.78, 5) is 30.8. The number of carbonyl (C=O) groups excluding carboxylic acids is 1. The highest BCUT2D eigenvalue weighted by Gasteiger charge is 2.25. The standard InChI is InChI=1S/C24H31N7O/c1-27(2)20-8-12-29(13-9-20)23(32)19-4-5-21-6-7-22(31(21)18-19)28-14-16-30(17-15-28)24-25-10-3-11-26-24/h3-7,10-11,18,20H,8-9,12-17H2,1-2H3. The summed E-state index contributed by atoms with van der Waals surface area (Å²) in [5.74, 6) is 2.06. The highest BCUT2D eigenvalue weighted by Crippen LogP contribution is 2.24. The van der Waals surface area contributed by atoms with Gasteiger partial charge in [-0.15, -0.1) is 0 Å². The van der Waals surface area contributed by atoms with Gasteiger partial charge in [0.1, 0.15) is 5.82 Å². The SMILES string of the molecule is CN(C)C1CCN(C(=O)c2ccc3ccc(N4CCN(c5ncccn5)CC4)n3c2)CC1. The van der Waals surface area contributed by atoms with E-state index in [1.807, 2.05) is 23.2 Å². The molecule has 0 radical (unpaired) electrons. The Hall–Kier alpha value is -3.13. The monoisotopic (exact) mass is 433 g/mol. The lowest BCUT2D eigenvalue weighted by Gasteiger charge is -2.36. The van der Waals surface area contributed by atoms with Crippen LogP contribution in [-0.4, -0.2) is 89.5 Å². The lowest BCUT2D eigenvalue weighted by atomic mass is 10.0. The van der Waals surface area contributed by atoms with Crippen molar-refractivity contribution in [3.63, 3.8) is 0 Å². The molecule has 0 atom stereocenters. The van der Waals surface area contributed by atoms with Crippen LogP contribution >= 0.6 is 0 Å². The van der Waals surface area contributed by atoms with Crippen molar-refractivity contribution in [2.75, 3.05) is 63.2 Å². The topological polar surface area (TPSA) is 60.2 Å². The third kappa shape index (κ3) is 4.02. The summed E-state index contributed by atoms with van der Waals surface area (Å²) >= 11 is 0. The molecule has 3 aromatic heterocycles. The van der Waals surface area contributed by atoms with E-state index < -0.39 is 0 Å². The fourth-order valence-corrected chi connectivity index (χ4v) is 4.83. The maximum Gasteiger partial charge on any atom is 0.255 e. The zero-order valence-corrected chi connectivity index (χ0v) is 18.9. The fraction of sp³-hybridized carbons (Fsp3) is 0.458. The van der Waals surface area contributed by atoms with E-state index in [0.717, 1.165) is 75.0 Å². The average molecular weight is 434 g/mol. The van der Waals surface area contributed by atoms with Crippen LogP contribution < -0.4 is 9.80 Å².